The van der Waals surface area contributed by atoms with E-state index in [4.69, 9.17) is 16.3 Å². The molecule has 30 heavy (non-hydrogen) atoms. The number of rotatable bonds is 3. The number of ether oxygens (including phenoxy) is 1. The highest BCUT2D eigenvalue weighted by molar-refractivity contribution is 6.31. The number of benzene rings is 1. The van der Waals surface area contributed by atoms with E-state index in [9.17, 15) is 9.59 Å². The highest BCUT2D eigenvalue weighted by Crippen LogP contribution is 2.25. The summed E-state index contributed by atoms with van der Waals surface area (Å²) in [6.45, 7) is 6.00. The van der Waals surface area contributed by atoms with E-state index in [1.807, 2.05) is 18.7 Å². The zero-order valence-electron chi connectivity index (χ0n) is 17.8. The molecule has 1 aliphatic rings. The summed E-state index contributed by atoms with van der Waals surface area (Å²) in [5, 5.41) is 7.67. The molecule has 1 aromatic heterocycles. The van der Waals surface area contributed by atoms with Gasteiger partial charge < -0.3 is 14.5 Å². The van der Waals surface area contributed by atoms with Crippen molar-refractivity contribution in [3.8, 4) is 5.75 Å². The first kappa shape index (κ1) is 22.2. The second-order valence-corrected chi connectivity index (χ2v) is 8.15. The molecule has 0 fully saturated rings. The summed E-state index contributed by atoms with van der Waals surface area (Å²) in [5.41, 5.74) is 3.52. The molecule has 0 bridgehead atoms. The van der Waals surface area contributed by atoms with Crippen LogP contribution in [0, 0.1) is 13.8 Å². The maximum Gasteiger partial charge on any atom is 0.257 e. The Morgan fingerprint density at radius 1 is 1.23 bits per heavy atom. The Bertz CT molecular complexity index is 892. The minimum atomic E-state index is -0.105. The molecule has 2 heterocycles. The molecule has 0 unspecified atom stereocenters. The second-order valence-electron chi connectivity index (χ2n) is 7.72. The maximum absolute atomic E-state index is 12.9. The van der Waals surface area contributed by atoms with Crippen molar-refractivity contribution in [2.75, 3.05) is 33.3 Å². The Morgan fingerprint density at radius 3 is 2.73 bits per heavy atom. The molecule has 0 spiro atoms. The van der Waals surface area contributed by atoms with Gasteiger partial charge in [-0.1, -0.05) is 11.6 Å². The third-order valence-corrected chi connectivity index (χ3v) is 5.77. The summed E-state index contributed by atoms with van der Waals surface area (Å²) < 4.78 is 5.89. The predicted molar refractivity (Wildman–Crippen MR) is 116 cm³/mol. The lowest BCUT2D eigenvalue weighted by atomic mass is 10.1. The molecule has 1 aromatic carbocycles. The van der Waals surface area contributed by atoms with Crippen molar-refractivity contribution in [1.29, 1.82) is 0 Å². The van der Waals surface area contributed by atoms with Crippen molar-refractivity contribution in [1.82, 2.24) is 20.0 Å². The number of hydrogen-bond acceptors (Lipinski definition) is 4. The van der Waals surface area contributed by atoms with Crippen molar-refractivity contribution < 1.29 is 14.3 Å². The molecule has 1 N–H and O–H groups in total. The topological polar surface area (TPSA) is 78.5 Å². The van der Waals surface area contributed by atoms with Gasteiger partial charge in [-0.25, -0.2) is 0 Å². The van der Waals surface area contributed by atoms with Gasteiger partial charge in [0.2, 0.25) is 5.91 Å². The summed E-state index contributed by atoms with van der Waals surface area (Å²) in [7, 11) is 1.78. The SMILES string of the molecule is Cc1n[nH]c(C)c1CCC(=O)N1CCCCN(C)C(=O)c2cc(Cl)ccc2OCC1. The number of fused-ring (bicyclic) bond motifs is 1. The maximum atomic E-state index is 12.9. The lowest BCUT2D eigenvalue weighted by Gasteiger charge is -2.26. The Morgan fingerprint density at radius 2 is 2.00 bits per heavy atom. The van der Waals surface area contributed by atoms with Gasteiger partial charge in [-0.3, -0.25) is 14.7 Å². The number of hydrogen-bond donors (Lipinski definition) is 1. The van der Waals surface area contributed by atoms with Crippen molar-refractivity contribution in [2.24, 2.45) is 0 Å². The number of H-pyrrole nitrogens is 1. The zero-order chi connectivity index (χ0) is 21.7. The quantitative estimate of drug-likeness (QED) is 0.806. The molecule has 7 nitrogen and oxygen atoms in total. The van der Waals surface area contributed by atoms with Gasteiger partial charge in [0.25, 0.3) is 5.91 Å². The van der Waals surface area contributed by atoms with Crippen LogP contribution < -0.4 is 4.74 Å². The van der Waals surface area contributed by atoms with E-state index in [0.29, 0.717) is 55.4 Å². The largest absolute Gasteiger partial charge is 0.491 e. The number of aromatic nitrogens is 2. The number of nitrogens with zero attached hydrogens (tertiary/aromatic N) is 3. The minimum absolute atomic E-state index is 0.105. The molecule has 2 aromatic rings. The number of aryl methyl sites for hydroxylation is 2. The molecule has 0 atom stereocenters. The van der Waals surface area contributed by atoms with E-state index < -0.39 is 0 Å². The van der Waals surface area contributed by atoms with Crippen LogP contribution in [0.15, 0.2) is 18.2 Å². The predicted octanol–water partition coefficient (Wildman–Crippen LogP) is 3.39. The minimum Gasteiger partial charge on any atom is -0.491 e. The van der Waals surface area contributed by atoms with Gasteiger partial charge in [-0.15, -0.1) is 0 Å². The zero-order valence-corrected chi connectivity index (χ0v) is 18.6. The first-order valence-corrected chi connectivity index (χ1v) is 10.7. The van der Waals surface area contributed by atoms with Crippen LogP contribution in [0.3, 0.4) is 0 Å². The van der Waals surface area contributed by atoms with Gasteiger partial charge >= 0.3 is 0 Å². The summed E-state index contributed by atoms with van der Waals surface area (Å²) in [6.07, 6.45) is 2.76. The average Bonchev–Trinajstić information content (AvgIpc) is 3.04. The van der Waals surface area contributed by atoms with E-state index in [-0.39, 0.29) is 11.8 Å². The first-order chi connectivity index (χ1) is 14.4. The summed E-state index contributed by atoms with van der Waals surface area (Å²) in [5.74, 6) is 0.497. The lowest BCUT2D eigenvalue weighted by Crippen LogP contribution is -2.37. The van der Waals surface area contributed by atoms with Crippen LogP contribution in [-0.4, -0.2) is 65.1 Å². The van der Waals surface area contributed by atoms with Gasteiger partial charge in [0, 0.05) is 37.3 Å². The highest BCUT2D eigenvalue weighted by Gasteiger charge is 2.20. The van der Waals surface area contributed by atoms with Gasteiger partial charge in [-0.05, 0) is 56.9 Å². The monoisotopic (exact) mass is 432 g/mol. The molecular formula is C22H29ClN4O3. The van der Waals surface area contributed by atoms with Crippen LogP contribution in [0.25, 0.3) is 0 Å². The van der Waals surface area contributed by atoms with Crippen molar-refractivity contribution in [2.45, 2.75) is 39.5 Å². The van der Waals surface area contributed by atoms with Crippen LogP contribution in [0.5, 0.6) is 5.75 Å². The summed E-state index contributed by atoms with van der Waals surface area (Å²) in [6, 6.07) is 5.06. The standard InChI is InChI=1S/C22H29ClN4O3/c1-15-18(16(2)25-24-15)7-9-21(28)27-11-5-4-10-26(3)22(29)19-14-17(23)6-8-20(19)30-13-12-27/h6,8,14H,4-5,7,9-13H2,1-3H3,(H,24,25). The molecule has 0 aliphatic carbocycles. The number of halogens is 1. The number of amides is 2. The second kappa shape index (κ2) is 9.98. The third kappa shape index (κ3) is 5.33. The normalized spacial score (nSPS) is 15.8. The Labute approximate surface area is 182 Å². The van der Waals surface area contributed by atoms with E-state index in [1.54, 1.807) is 30.1 Å². The molecule has 0 saturated carbocycles. The average molecular weight is 433 g/mol. The van der Waals surface area contributed by atoms with Gasteiger partial charge in [-0.2, -0.15) is 5.10 Å². The third-order valence-electron chi connectivity index (χ3n) is 5.53. The van der Waals surface area contributed by atoms with Crippen LogP contribution in [-0.2, 0) is 11.2 Å². The fourth-order valence-electron chi connectivity index (χ4n) is 3.71. The van der Waals surface area contributed by atoms with E-state index >= 15 is 0 Å². The lowest BCUT2D eigenvalue weighted by molar-refractivity contribution is -0.131. The number of carbonyl (C=O) groups is 2. The van der Waals surface area contributed by atoms with Crippen LogP contribution in [0.4, 0.5) is 0 Å². The van der Waals surface area contributed by atoms with E-state index in [2.05, 4.69) is 10.2 Å². The van der Waals surface area contributed by atoms with Gasteiger partial charge in [0.05, 0.1) is 17.8 Å². The molecule has 162 valence electrons. The van der Waals surface area contributed by atoms with Crippen molar-refractivity contribution in [3.63, 3.8) is 0 Å². The fraction of sp³-hybridized carbons (Fsp3) is 0.500. The van der Waals surface area contributed by atoms with Gasteiger partial charge in [0.1, 0.15) is 12.4 Å². The highest BCUT2D eigenvalue weighted by atomic mass is 35.5. The van der Waals surface area contributed by atoms with Crippen LogP contribution in [0.2, 0.25) is 5.02 Å². The number of aromatic amines is 1. The Kier molecular flexibility index (Phi) is 7.37. The van der Waals surface area contributed by atoms with E-state index in [0.717, 1.165) is 29.8 Å². The van der Waals surface area contributed by atoms with Crippen LogP contribution >= 0.6 is 11.6 Å². The fourth-order valence-corrected chi connectivity index (χ4v) is 3.89. The van der Waals surface area contributed by atoms with E-state index in [1.165, 1.54) is 0 Å². The molecule has 0 saturated heterocycles. The number of carbonyl (C=O) groups excluding carboxylic acids is 2. The Balaban J connectivity index is 1.69. The Hall–Kier alpha value is -2.54. The first-order valence-electron chi connectivity index (χ1n) is 10.3. The summed E-state index contributed by atoms with van der Waals surface area (Å²) >= 11 is 6.09. The van der Waals surface area contributed by atoms with Crippen molar-refractivity contribution in [3.05, 3.63) is 45.7 Å². The molecular weight excluding hydrogens is 404 g/mol. The van der Waals surface area contributed by atoms with Crippen LogP contribution in [0.1, 0.15) is 46.6 Å². The molecule has 1 aliphatic heterocycles. The molecule has 3 rings (SSSR count). The van der Waals surface area contributed by atoms with Crippen molar-refractivity contribution >= 4 is 23.4 Å². The molecule has 8 heteroatoms. The molecule has 2 amide bonds. The molecule has 0 radical (unpaired) electrons. The number of nitrogens with one attached hydrogen (secondary N) is 1. The van der Waals surface area contributed by atoms with Gasteiger partial charge in [0.15, 0.2) is 0 Å². The summed E-state index contributed by atoms with van der Waals surface area (Å²) in [4.78, 5) is 29.2. The smallest absolute Gasteiger partial charge is 0.257 e.